The van der Waals surface area contributed by atoms with Gasteiger partial charge in [-0.15, -0.1) is 0 Å². The minimum Gasteiger partial charge on any atom is -0.484 e. The van der Waals surface area contributed by atoms with E-state index in [0.29, 0.717) is 32.1 Å². The summed E-state index contributed by atoms with van der Waals surface area (Å²) in [6.45, 7) is 2.44. The molecule has 1 aliphatic heterocycles. The number of morpholine rings is 1. The Kier molecular flexibility index (Phi) is 4.62. The number of ether oxygens (including phenoxy) is 2. The lowest BCUT2D eigenvalue weighted by molar-refractivity contribution is -0.137. The molecule has 6 heteroatoms. The number of nitrogens with zero attached hydrogens (tertiary/aromatic N) is 2. The number of amides is 1. The number of nitrogens with one attached hydrogen (secondary N) is 1. The molecule has 146 valence electrons. The number of fused-ring (bicyclic) bond motifs is 2. The maximum atomic E-state index is 12.4. The quantitative estimate of drug-likeness (QED) is 0.581. The fourth-order valence-corrected chi connectivity index (χ4v) is 3.76. The highest BCUT2D eigenvalue weighted by molar-refractivity contribution is 5.99. The van der Waals surface area contributed by atoms with Crippen LogP contribution in [0, 0.1) is 0 Å². The predicted octanol–water partition coefficient (Wildman–Crippen LogP) is 3.62. The highest BCUT2D eigenvalue weighted by atomic mass is 16.5. The van der Waals surface area contributed by atoms with E-state index in [1.807, 2.05) is 30.3 Å². The largest absolute Gasteiger partial charge is 0.484 e. The number of aromatic nitrogens is 2. The average Bonchev–Trinajstić information content (AvgIpc) is 3.25. The van der Waals surface area contributed by atoms with Crippen molar-refractivity contribution >= 4 is 27.7 Å². The maximum Gasteiger partial charge on any atom is 0.260 e. The molecule has 1 fully saturated rings. The zero-order valence-corrected chi connectivity index (χ0v) is 15.9. The Bertz CT molecular complexity index is 1180. The summed E-state index contributed by atoms with van der Waals surface area (Å²) in [6, 6.07) is 18.4. The molecular weight excluding hydrogens is 366 g/mol. The molecule has 0 saturated carbocycles. The van der Waals surface area contributed by atoms with Crippen LogP contribution in [0.1, 0.15) is 0 Å². The number of H-pyrrole nitrogens is 1. The topological polar surface area (TPSA) is 67.5 Å². The van der Waals surface area contributed by atoms with Gasteiger partial charge in [0.15, 0.2) is 6.61 Å². The lowest BCUT2D eigenvalue weighted by atomic mass is 9.97. The Morgan fingerprint density at radius 1 is 1.10 bits per heavy atom. The average molecular weight is 387 g/mol. The van der Waals surface area contributed by atoms with Crippen molar-refractivity contribution in [3.63, 3.8) is 0 Å². The smallest absolute Gasteiger partial charge is 0.260 e. The lowest BCUT2D eigenvalue weighted by Crippen LogP contribution is -2.42. The van der Waals surface area contributed by atoms with E-state index in [1.165, 1.54) is 0 Å². The van der Waals surface area contributed by atoms with Gasteiger partial charge < -0.3 is 19.4 Å². The summed E-state index contributed by atoms with van der Waals surface area (Å²) >= 11 is 0. The zero-order chi connectivity index (χ0) is 19.6. The van der Waals surface area contributed by atoms with E-state index in [-0.39, 0.29) is 12.5 Å². The standard InChI is InChI=1S/C23H21N3O3/c27-23(26-7-9-28-10-8-26)14-29-18-11-16-3-1-2-4-19(16)20(13-18)17-5-6-21-22(12-17)25-15-24-21/h1-6,11-13,15H,7-10,14H2,(H,24,25). The summed E-state index contributed by atoms with van der Waals surface area (Å²) in [6.07, 6.45) is 1.70. The summed E-state index contributed by atoms with van der Waals surface area (Å²) < 4.78 is 11.2. The van der Waals surface area contributed by atoms with Crippen LogP contribution >= 0.6 is 0 Å². The summed E-state index contributed by atoms with van der Waals surface area (Å²) in [5.74, 6) is 0.673. The fraction of sp³-hybridized carbons (Fsp3) is 0.217. The number of aromatic amines is 1. The van der Waals surface area contributed by atoms with Gasteiger partial charge in [-0.05, 0) is 46.2 Å². The van der Waals surface area contributed by atoms with Crippen molar-refractivity contribution in [2.45, 2.75) is 0 Å². The molecule has 5 rings (SSSR count). The number of rotatable bonds is 4. The summed E-state index contributed by atoms with van der Waals surface area (Å²) in [4.78, 5) is 21.7. The first-order valence-electron chi connectivity index (χ1n) is 9.72. The molecule has 2 heterocycles. The summed E-state index contributed by atoms with van der Waals surface area (Å²) in [5, 5.41) is 2.21. The van der Waals surface area contributed by atoms with E-state index in [1.54, 1.807) is 11.2 Å². The molecule has 1 aromatic heterocycles. The molecule has 1 amide bonds. The number of imidazole rings is 1. The Hall–Kier alpha value is -3.38. The lowest BCUT2D eigenvalue weighted by Gasteiger charge is -2.26. The van der Waals surface area contributed by atoms with Crippen molar-refractivity contribution in [2.24, 2.45) is 0 Å². The van der Waals surface area contributed by atoms with E-state index in [0.717, 1.165) is 32.9 Å². The minimum atomic E-state index is -0.0121. The monoisotopic (exact) mass is 387 g/mol. The third-order valence-electron chi connectivity index (χ3n) is 5.29. The zero-order valence-electron chi connectivity index (χ0n) is 15.9. The van der Waals surface area contributed by atoms with E-state index < -0.39 is 0 Å². The Morgan fingerprint density at radius 2 is 1.97 bits per heavy atom. The first-order chi connectivity index (χ1) is 14.3. The molecule has 0 radical (unpaired) electrons. The third-order valence-corrected chi connectivity index (χ3v) is 5.29. The Morgan fingerprint density at radius 3 is 2.86 bits per heavy atom. The van der Waals surface area contributed by atoms with Gasteiger partial charge in [0.05, 0.1) is 30.6 Å². The number of benzene rings is 3. The van der Waals surface area contributed by atoms with E-state index in [4.69, 9.17) is 9.47 Å². The van der Waals surface area contributed by atoms with Gasteiger partial charge >= 0.3 is 0 Å². The number of carbonyl (C=O) groups is 1. The first kappa shape index (κ1) is 17.7. The molecule has 0 atom stereocenters. The SMILES string of the molecule is O=C(COc1cc(-c2ccc3nc[nH]c3c2)c2ccccc2c1)N1CCOCC1. The third kappa shape index (κ3) is 3.54. The minimum absolute atomic E-state index is 0.0121. The van der Waals surface area contributed by atoms with Crippen molar-refractivity contribution in [1.29, 1.82) is 0 Å². The van der Waals surface area contributed by atoms with Gasteiger partial charge in [0.2, 0.25) is 0 Å². The second-order valence-electron chi connectivity index (χ2n) is 7.11. The number of hydrogen-bond donors (Lipinski definition) is 1. The molecule has 0 unspecified atom stereocenters. The van der Waals surface area contributed by atoms with Gasteiger partial charge in [-0.2, -0.15) is 0 Å². The molecule has 0 bridgehead atoms. The molecule has 1 saturated heterocycles. The summed E-state index contributed by atoms with van der Waals surface area (Å²) in [5.41, 5.74) is 4.05. The Balaban J connectivity index is 1.47. The summed E-state index contributed by atoms with van der Waals surface area (Å²) in [7, 11) is 0. The van der Waals surface area contributed by atoms with Crippen molar-refractivity contribution in [1.82, 2.24) is 14.9 Å². The Labute approximate surface area is 168 Å². The molecule has 1 aliphatic rings. The second-order valence-corrected chi connectivity index (χ2v) is 7.11. The maximum absolute atomic E-state index is 12.4. The van der Waals surface area contributed by atoms with Gasteiger partial charge in [-0.3, -0.25) is 4.79 Å². The van der Waals surface area contributed by atoms with Crippen molar-refractivity contribution in [3.8, 4) is 16.9 Å². The molecule has 3 aromatic carbocycles. The predicted molar refractivity (Wildman–Crippen MR) is 112 cm³/mol. The molecule has 29 heavy (non-hydrogen) atoms. The van der Waals surface area contributed by atoms with Gasteiger partial charge in [-0.1, -0.05) is 30.3 Å². The molecular formula is C23H21N3O3. The molecule has 0 aliphatic carbocycles. The second kappa shape index (κ2) is 7.56. The number of carbonyl (C=O) groups excluding carboxylic acids is 1. The normalized spacial score (nSPS) is 14.4. The van der Waals surface area contributed by atoms with Crippen LogP contribution in [0.3, 0.4) is 0 Å². The number of hydrogen-bond acceptors (Lipinski definition) is 4. The van der Waals surface area contributed by atoms with Gasteiger partial charge in [-0.25, -0.2) is 4.98 Å². The first-order valence-corrected chi connectivity index (χ1v) is 9.72. The van der Waals surface area contributed by atoms with Crippen LogP contribution in [0.2, 0.25) is 0 Å². The van der Waals surface area contributed by atoms with Crippen LogP contribution in [-0.2, 0) is 9.53 Å². The fourth-order valence-electron chi connectivity index (χ4n) is 3.76. The van der Waals surface area contributed by atoms with Crippen LogP contribution in [-0.4, -0.2) is 53.7 Å². The highest BCUT2D eigenvalue weighted by Crippen LogP contribution is 2.34. The van der Waals surface area contributed by atoms with Gasteiger partial charge in [0.25, 0.3) is 5.91 Å². The van der Waals surface area contributed by atoms with E-state index >= 15 is 0 Å². The van der Waals surface area contributed by atoms with Crippen LogP contribution in [0.5, 0.6) is 5.75 Å². The molecule has 4 aromatic rings. The van der Waals surface area contributed by atoms with Crippen LogP contribution in [0.25, 0.3) is 32.9 Å². The van der Waals surface area contributed by atoms with Gasteiger partial charge in [0, 0.05) is 13.1 Å². The van der Waals surface area contributed by atoms with Crippen molar-refractivity contribution in [2.75, 3.05) is 32.9 Å². The van der Waals surface area contributed by atoms with Crippen molar-refractivity contribution in [3.05, 3.63) is 60.9 Å². The van der Waals surface area contributed by atoms with Crippen LogP contribution in [0.4, 0.5) is 0 Å². The van der Waals surface area contributed by atoms with Crippen LogP contribution in [0.15, 0.2) is 60.9 Å². The van der Waals surface area contributed by atoms with E-state index in [2.05, 4.69) is 34.2 Å². The van der Waals surface area contributed by atoms with Crippen molar-refractivity contribution < 1.29 is 14.3 Å². The van der Waals surface area contributed by atoms with E-state index in [9.17, 15) is 4.79 Å². The molecule has 6 nitrogen and oxygen atoms in total. The van der Waals surface area contributed by atoms with Crippen LogP contribution < -0.4 is 4.74 Å². The molecule has 0 spiro atoms. The highest BCUT2D eigenvalue weighted by Gasteiger charge is 2.17. The molecule has 1 N–H and O–H groups in total. The van der Waals surface area contributed by atoms with Gasteiger partial charge in [0.1, 0.15) is 5.75 Å².